The van der Waals surface area contributed by atoms with E-state index < -0.39 is 53.5 Å². The topological polar surface area (TPSA) is 107 Å². The number of aliphatic hydroxyl groups is 1. The van der Waals surface area contributed by atoms with Crippen LogP contribution in [0.25, 0.3) is 10.4 Å². The van der Waals surface area contributed by atoms with E-state index in [1.807, 2.05) is 0 Å². The van der Waals surface area contributed by atoms with Crippen LogP contribution in [-0.4, -0.2) is 67.7 Å². The van der Waals surface area contributed by atoms with Gasteiger partial charge in [0.1, 0.15) is 17.6 Å². The van der Waals surface area contributed by atoms with Crippen LogP contribution in [0.15, 0.2) is 12.3 Å². The van der Waals surface area contributed by atoms with Gasteiger partial charge in [-0.2, -0.15) is 13.2 Å². The molecule has 4 heterocycles. The summed E-state index contributed by atoms with van der Waals surface area (Å²) in [6, 6.07) is -1.88. The van der Waals surface area contributed by atoms with Crippen LogP contribution in [0.5, 0.6) is 0 Å². The predicted octanol–water partition coefficient (Wildman–Crippen LogP) is 5.55. The van der Waals surface area contributed by atoms with E-state index in [4.69, 9.17) is 0 Å². The van der Waals surface area contributed by atoms with Crippen molar-refractivity contribution in [2.45, 2.75) is 102 Å². The minimum absolute atomic E-state index is 0.00727. The van der Waals surface area contributed by atoms with Crippen molar-refractivity contribution >= 4 is 29.0 Å². The largest absolute Gasteiger partial charge is 0.408 e. The standard InChI is InChI=1S/C26H32F5N5O3S/c1-5-17(26(29,30)31)34-18-10-15(21(27)28)16(11-32-18)20-19(24(38)36-13-6-7-14(36)9-8-13)35-23(40-20)22(37)33-12(2)25(3,4)39/h10-14,17,21,39H,5-9H2,1-4H3,(H,32,34)(H,33,37)/t12-,13-,14+,17-/m0/s1. The van der Waals surface area contributed by atoms with Crippen LogP contribution in [0.1, 0.15) is 92.1 Å². The predicted molar refractivity (Wildman–Crippen MR) is 139 cm³/mol. The minimum atomic E-state index is -4.62. The van der Waals surface area contributed by atoms with Gasteiger partial charge in [-0.3, -0.25) is 9.59 Å². The van der Waals surface area contributed by atoms with Crippen molar-refractivity contribution in [1.82, 2.24) is 20.2 Å². The summed E-state index contributed by atoms with van der Waals surface area (Å²) in [7, 11) is 0. The van der Waals surface area contributed by atoms with Crippen LogP contribution >= 0.6 is 11.3 Å². The number of aromatic nitrogens is 2. The molecule has 2 aromatic rings. The fourth-order valence-electron chi connectivity index (χ4n) is 5.06. The van der Waals surface area contributed by atoms with Gasteiger partial charge in [0.15, 0.2) is 5.01 Å². The highest BCUT2D eigenvalue weighted by Crippen LogP contribution is 2.42. The first-order valence-electron chi connectivity index (χ1n) is 13.1. The molecule has 0 unspecified atom stereocenters. The Balaban J connectivity index is 1.77. The molecule has 2 aromatic heterocycles. The molecule has 2 aliphatic heterocycles. The monoisotopic (exact) mass is 589 g/mol. The Bertz CT molecular complexity index is 1240. The third-order valence-electron chi connectivity index (χ3n) is 7.66. The van der Waals surface area contributed by atoms with Crippen molar-refractivity contribution < 1.29 is 36.6 Å². The number of carbonyl (C=O) groups is 2. The molecule has 0 aromatic carbocycles. The molecule has 2 aliphatic rings. The Morgan fingerprint density at radius 1 is 1.18 bits per heavy atom. The highest BCUT2D eigenvalue weighted by atomic mass is 32.1. The first-order valence-corrected chi connectivity index (χ1v) is 13.9. The quantitative estimate of drug-likeness (QED) is 0.331. The second-order valence-electron chi connectivity index (χ2n) is 10.8. The first kappa shape index (κ1) is 30.1. The van der Waals surface area contributed by atoms with Gasteiger partial charge in [0.25, 0.3) is 18.2 Å². The van der Waals surface area contributed by atoms with Crippen LogP contribution in [-0.2, 0) is 0 Å². The number of hydrogen-bond donors (Lipinski definition) is 3. The molecule has 2 saturated heterocycles. The van der Waals surface area contributed by atoms with E-state index >= 15 is 0 Å². The lowest BCUT2D eigenvalue weighted by Gasteiger charge is -2.26. The third kappa shape index (κ3) is 6.07. The van der Waals surface area contributed by atoms with E-state index in [9.17, 15) is 36.6 Å². The number of nitrogens with one attached hydrogen (secondary N) is 2. The zero-order valence-corrected chi connectivity index (χ0v) is 23.3. The van der Waals surface area contributed by atoms with E-state index in [-0.39, 0.29) is 39.6 Å². The minimum Gasteiger partial charge on any atom is -0.388 e. The Morgan fingerprint density at radius 3 is 2.27 bits per heavy atom. The van der Waals surface area contributed by atoms with Crippen LogP contribution in [0.3, 0.4) is 0 Å². The van der Waals surface area contributed by atoms with Crippen molar-refractivity contribution in [3.8, 4) is 10.4 Å². The smallest absolute Gasteiger partial charge is 0.388 e. The first-order chi connectivity index (χ1) is 18.6. The highest BCUT2D eigenvalue weighted by molar-refractivity contribution is 7.17. The van der Waals surface area contributed by atoms with Crippen molar-refractivity contribution in [1.29, 1.82) is 0 Å². The third-order valence-corrected chi connectivity index (χ3v) is 8.75. The maximum Gasteiger partial charge on any atom is 0.408 e. The van der Waals surface area contributed by atoms with Gasteiger partial charge in [0.2, 0.25) is 0 Å². The van der Waals surface area contributed by atoms with Gasteiger partial charge in [0, 0.05) is 29.4 Å². The van der Waals surface area contributed by atoms with Crippen LogP contribution in [0.2, 0.25) is 0 Å². The second-order valence-corrected chi connectivity index (χ2v) is 11.8. The van der Waals surface area contributed by atoms with E-state index in [1.165, 1.54) is 20.8 Å². The summed E-state index contributed by atoms with van der Waals surface area (Å²) in [5, 5.41) is 14.8. The summed E-state index contributed by atoms with van der Waals surface area (Å²) in [5.74, 6) is -1.59. The van der Waals surface area contributed by atoms with Gasteiger partial charge in [-0.25, -0.2) is 18.7 Å². The number of hydrogen-bond acceptors (Lipinski definition) is 7. The molecule has 3 N–H and O–H groups in total. The highest BCUT2D eigenvalue weighted by Gasteiger charge is 2.44. The number of fused-ring (bicyclic) bond motifs is 2. The lowest BCUT2D eigenvalue weighted by Crippen LogP contribution is -2.47. The molecule has 4 rings (SSSR count). The lowest BCUT2D eigenvalue weighted by molar-refractivity contribution is -0.142. The molecular weight excluding hydrogens is 557 g/mol. The van der Waals surface area contributed by atoms with Gasteiger partial charge in [-0.15, -0.1) is 11.3 Å². The normalized spacial score (nSPS) is 20.6. The van der Waals surface area contributed by atoms with Crippen LogP contribution < -0.4 is 10.6 Å². The Kier molecular flexibility index (Phi) is 8.42. The number of nitrogens with zero attached hydrogens (tertiary/aromatic N) is 3. The summed E-state index contributed by atoms with van der Waals surface area (Å²) in [5.41, 5.74) is -2.29. The summed E-state index contributed by atoms with van der Waals surface area (Å²) in [6.07, 6.45) is -3.84. The molecule has 0 spiro atoms. The molecule has 14 heteroatoms. The van der Waals surface area contributed by atoms with Gasteiger partial charge >= 0.3 is 6.18 Å². The fourth-order valence-corrected chi connectivity index (χ4v) is 6.05. The van der Waals surface area contributed by atoms with E-state index in [0.717, 1.165) is 49.3 Å². The van der Waals surface area contributed by atoms with E-state index in [2.05, 4.69) is 20.6 Å². The van der Waals surface area contributed by atoms with Gasteiger partial charge in [-0.1, -0.05) is 6.92 Å². The molecule has 220 valence electrons. The van der Waals surface area contributed by atoms with E-state index in [0.29, 0.717) is 0 Å². The number of alkyl halides is 5. The maximum absolute atomic E-state index is 14.3. The van der Waals surface area contributed by atoms with Crippen LogP contribution in [0.4, 0.5) is 27.8 Å². The number of rotatable bonds is 9. The zero-order valence-electron chi connectivity index (χ0n) is 22.5. The molecule has 0 aliphatic carbocycles. The van der Waals surface area contributed by atoms with Crippen LogP contribution in [0, 0.1) is 0 Å². The van der Waals surface area contributed by atoms with Crippen molar-refractivity contribution in [3.05, 3.63) is 28.5 Å². The molecule has 40 heavy (non-hydrogen) atoms. The molecule has 2 amide bonds. The molecule has 2 fully saturated rings. The number of carbonyl (C=O) groups excluding carboxylic acids is 2. The zero-order chi connectivity index (χ0) is 29.6. The number of pyridine rings is 1. The second kappa shape index (κ2) is 11.2. The fraction of sp³-hybridized carbons (Fsp3) is 0.615. The summed E-state index contributed by atoms with van der Waals surface area (Å²) >= 11 is 0.717. The molecule has 0 radical (unpaired) electrons. The van der Waals surface area contributed by atoms with Crippen molar-refractivity contribution in [2.24, 2.45) is 0 Å². The summed E-state index contributed by atoms with van der Waals surface area (Å²) < 4.78 is 68.4. The molecule has 2 bridgehead atoms. The number of halogens is 5. The number of thiazole rings is 1. The van der Waals surface area contributed by atoms with Gasteiger partial charge < -0.3 is 20.6 Å². The summed E-state index contributed by atoms with van der Waals surface area (Å²) in [4.78, 5) is 36.6. The molecular formula is C26H32F5N5O3S. The SMILES string of the molecule is CC[C@H](Nc1cc(C(F)F)c(-c2sc(C(=O)N[C@@H](C)C(C)(C)O)nc2C(=O)N2[C@H]3CC[C@@H]2CC3)cn1)C(F)(F)F. The Hall–Kier alpha value is -2.87. The Labute approximate surface area is 232 Å². The average Bonchev–Trinajstić information content (AvgIpc) is 3.60. The van der Waals surface area contributed by atoms with Gasteiger partial charge in [0.05, 0.1) is 16.5 Å². The number of anilines is 1. The lowest BCUT2D eigenvalue weighted by atomic mass is 10.0. The summed E-state index contributed by atoms with van der Waals surface area (Å²) in [6.45, 7) is 5.89. The maximum atomic E-state index is 14.3. The average molecular weight is 590 g/mol. The van der Waals surface area contributed by atoms with Crippen molar-refractivity contribution in [3.63, 3.8) is 0 Å². The number of amides is 2. The van der Waals surface area contributed by atoms with E-state index in [1.54, 1.807) is 11.8 Å². The molecule has 0 saturated carbocycles. The van der Waals surface area contributed by atoms with Gasteiger partial charge in [-0.05, 0) is 58.9 Å². The molecule has 2 atom stereocenters. The molecule has 8 nitrogen and oxygen atoms in total. The van der Waals surface area contributed by atoms with Crippen molar-refractivity contribution in [2.75, 3.05) is 5.32 Å². The Morgan fingerprint density at radius 2 is 1.77 bits per heavy atom.